The summed E-state index contributed by atoms with van der Waals surface area (Å²) in [4.78, 5) is 1.79. The van der Waals surface area contributed by atoms with Crippen molar-refractivity contribution in [3.8, 4) is 12.3 Å². The summed E-state index contributed by atoms with van der Waals surface area (Å²) in [5, 5.41) is 9.67. The number of hydrogen-bond acceptors (Lipinski definition) is 2. The van der Waals surface area contributed by atoms with Crippen LogP contribution in [0.1, 0.15) is 31.9 Å². The molecule has 0 aromatic heterocycles. The molecule has 17 heavy (non-hydrogen) atoms. The zero-order valence-electron chi connectivity index (χ0n) is 10.3. The van der Waals surface area contributed by atoms with E-state index in [1.165, 1.54) is 6.07 Å². The number of terminal acetylenes is 1. The number of hydrogen-bond donors (Lipinski definition) is 1. The number of aliphatic hydroxyl groups is 1. The first-order valence-electron chi connectivity index (χ1n) is 5.76. The fraction of sp³-hybridized carbons (Fsp3) is 0.429. The van der Waals surface area contributed by atoms with Crippen molar-refractivity contribution in [3.05, 3.63) is 29.6 Å². The lowest BCUT2D eigenvalue weighted by atomic mass is 10.1. The Labute approximate surface area is 102 Å². The minimum absolute atomic E-state index is 0.341. The zero-order valence-corrected chi connectivity index (χ0v) is 10.3. The van der Waals surface area contributed by atoms with E-state index in [-0.39, 0.29) is 5.82 Å². The second kappa shape index (κ2) is 6.27. The summed E-state index contributed by atoms with van der Waals surface area (Å²) >= 11 is 0. The van der Waals surface area contributed by atoms with E-state index in [1.54, 1.807) is 24.0 Å². The van der Waals surface area contributed by atoms with Gasteiger partial charge < -0.3 is 10.0 Å². The second-order valence-electron chi connectivity index (χ2n) is 3.98. The normalized spacial score (nSPS) is 11.9. The summed E-state index contributed by atoms with van der Waals surface area (Å²) in [5.41, 5.74) is 0.996. The lowest BCUT2D eigenvalue weighted by Crippen LogP contribution is -2.27. The Kier molecular flexibility index (Phi) is 4.99. The first-order valence-corrected chi connectivity index (χ1v) is 5.76. The Balaban J connectivity index is 3.20. The summed E-state index contributed by atoms with van der Waals surface area (Å²) in [5.74, 6) is 2.18. The van der Waals surface area contributed by atoms with Gasteiger partial charge in [-0.3, -0.25) is 0 Å². The van der Waals surface area contributed by atoms with Crippen LogP contribution in [0.15, 0.2) is 18.2 Å². The van der Waals surface area contributed by atoms with Gasteiger partial charge in [-0.15, -0.1) is 6.42 Å². The van der Waals surface area contributed by atoms with Crippen molar-refractivity contribution in [2.24, 2.45) is 0 Å². The van der Waals surface area contributed by atoms with Crippen LogP contribution in [-0.4, -0.2) is 18.2 Å². The molecule has 92 valence electrons. The lowest BCUT2D eigenvalue weighted by molar-refractivity contribution is 0.199. The molecular weight excluding hydrogens is 217 g/mol. The third-order valence-electron chi connectivity index (χ3n) is 2.56. The maximum atomic E-state index is 13.9. The molecule has 0 spiro atoms. The van der Waals surface area contributed by atoms with E-state index in [4.69, 9.17) is 6.42 Å². The van der Waals surface area contributed by atoms with Crippen molar-refractivity contribution < 1.29 is 9.50 Å². The van der Waals surface area contributed by atoms with Crippen molar-refractivity contribution in [1.29, 1.82) is 0 Å². The van der Waals surface area contributed by atoms with Gasteiger partial charge in [-0.1, -0.05) is 25.0 Å². The molecule has 1 atom stereocenters. The molecule has 1 aromatic carbocycles. The third-order valence-corrected chi connectivity index (χ3v) is 2.56. The van der Waals surface area contributed by atoms with Crippen LogP contribution in [0.2, 0.25) is 0 Å². The van der Waals surface area contributed by atoms with E-state index in [0.717, 1.165) is 6.42 Å². The number of aliphatic hydroxyl groups excluding tert-OH is 1. The molecule has 0 unspecified atom stereocenters. The molecule has 0 bridgehead atoms. The highest BCUT2D eigenvalue weighted by molar-refractivity contribution is 5.56. The molecule has 1 aromatic rings. The van der Waals surface area contributed by atoms with Crippen LogP contribution in [0.4, 0.5) is 10.1 Å². The molecule has 2 nitrogen and oxygen atoms in total. The van der Waals surface area contributed by atoms with E-state index in [9.17, 15) is 9.50 Å². The molecule has 0 aliphatic heterocycles. The summed E-state index contributed by atoms with van der Waals surface area (Å²) < 4.78 is 13.9. The number of rotatable bonds is 5. The van der Waals surface area contributed by atoms with Crippen molar-refractivity contribution in [1.82, 2.24) is 0 Å². The van der Waals surface area contributed by atoms with Gasteiger partial charge in [0.1, 0.15) is 5.82 Å². The molecule has 0 saturated carbocycles. The molecule has 0 aliphatic carbocycles. The minimum atomic E-state index is -0.710. The Morgan fingerprint density at radius 2 is 2.24 bits per heavy atom. The first-order chi connectivity index (χ1) is 8.11. The zero-order chi connectivity index (χ0) is 12.8. The summed E-state index contributed by atoms with van der Waals surface area (Å²) in [6, 6.07) is 4.71. The topological polar surface area (TPSA) is 23.5 Å². The summed E-state index contributed by atoms with van der Waals surface area (Å²) in [6.07, 6.45) is 5.46. The lowest BCUT2D eigenvalue weighted by Gasteiger charge is -2.26. The fourth-order valence-corrected chi connectivity index (χ4v) is 1.85. The molecule has 0 amide bonds. The van der Waals surface area contributed by atoms with Gasteiger partial charge in [-0.05, 0) is 19.4 Å². The molecule has 0 heterocycles. The highest BCUT2D eigenvalue weighted by Crippen LogP contribution is 2.29. The van der Waals surface area contributed by atoms with Crippen LogP contribution in [0.25, 0.3) is 0 Å². The smallest absolute Gasteiger partial charge is 0.146 e. The molecule has 3 heteroatoms. The van der Waals surface area contributed by atoms with Crippen molar-refractivity contribution in [2.75, 3.05) is 18.0 Å². The highest BCUT2D eigenvalue weighted by atomic mass is 19.1. The number of nitrogens with zero attached hydrogens (tertiary/aromatic N) is 1. The van der Waals surface area contributed by atoms with Crippen LogP contribution in [-0.2, 0) is 0 Å². The molecular formula is C14H18FNO. The number of anilines is 1. The molecule has 0 radical (unpaired) electrons. The van der Waals surface area contributed by atoms with Crippen molar-refractivity contribution >= 4 is 5.69 Å². The van der Waals surface area contributed by atoms with Crippen LogP contribution in [0.5, 0.6) is 0 Å². The van der Waals surface area contributed by atoms with E-state index in [2.05, 4.69) is 5.92 Å². The number of benzene rings is 1. The number of halogens is 1. The van der Waals surface area contributed by atoms with Gasteiger partial charge in [0.05, 0.1) is 18.3 Å². The molecule has 0 fully saturated rings. The Hall–Kier alpha value is -1.53. The van der Waals surface area contributed by atoms with E-state index in [0.29, 0.717) is 24.3 Å². The van der Waals surface area contributed by atoms with Gasteiger partial charge in [0.15, 0.2) is 0 Å². The Morgan fingerprint density at radius 3 is 2.76 bits per heavy atom. The maximum absolute atomic E-state index is 13.9. The van der Waals surface area contributed by atoms with Gasteiger partial charge >= 0.3 is 0 Å². The standard InChI is InChI=1S/C14H18FNO/c1-4-9-16(10-5-2)14-12(11(3)17)7-6-8-13(14)15/h1,6-8,11,17H,5,9-10H2,2-3H3/t11-/m0/s1. The average Bonchev–Trinajstić information content (AvgIpc) is 2.28. The van der Waals surface area contributed by atoms with E-state index < -0.39 is 6.10 Å². The minimum Gasteiger partial charge on any atom is -0.389 e. The van der Waals surface area contributed by atoms with Gasteiger partial charge in [0.25, 0.3) is 0 Å². The van der Waals surface area contributed by atoms with E-state index in [1.807, 2.05) is 6.92 Å². The molecule has 0 saturated heterocycles. The quantitative estimate of drug-likeness (QED) is 0.793. The predicted molar refractivity (Wildman–Crippen MR) is 68.4 cm³/mol. The molecule has 0 aliphatic rings. The largest absolute Gasteiger partial charge is 0.389 e. The SMILES string of the molecule is C#CCN(CCC)c1c(F)cccc1[C@H](C)O. The predicted octanol–water partition coefficient (Wildman–Crippen LogP) is 2.73. The monoisotopic (exact) mass is 235 g/mol. The summed E-state index contributed by atoms with van der Waals surface area (Å²) in [7, 11) is 0. The fourth-order valence-electron chi connectivity index (χ4n) is 1.85. The Bertz CT molecular complexity index is 409. The first kappa shape index (κ1) is 13.5. The van der Waals surface area contributed by atoms with E-state index >= 15 is 0 Å². The van der Waals surface area contributed by atoms with Gasteiger partial charge in [0.2, 0.25) is 0 Å². The van der Waals surface area contributed by atoms with Gasteiger partial charge in [-0.25, -0.2) is 4.39 Å². The maximum Gasteiger partial charge on any atom is 0.146 e. The summed E-state index contributed by atoms with van der Waals surface area (Å²) in [6.45, 7) is 4.64. The number of para-hydroxylation sites is 1. The second-order valence-corrected chi connectivity index (χ2v) is 3.98. The van der Waals surface area contributed by atoms with Crippen LogP contribution in [0.3, 0.4) is 0 Å². The highest BCUT2D eigenvalue weighted by Gasteiger charge is 2.17. The van der Waals surface area contributed by atoms with Crippen LogP contribution < -0.4 is 4.90 Å². The van der Waals surface area contributed by atoms with Crippen LogP contribution in [0, 0.1) is 18.2 Å². The van der Waals surface area contributed by atoms with Crippen molar-refractivity contribution in [2.45, 2.75) is 26.4 Å². The van der Waals surface area contributed by atoms with Crippen LogP contribution >= 0.6 is 0 Å². The third kappa shape index (κ3) is 3.21. The van der Waals surface area contributed by atoms with Crippen molar-refractivity contribution in [3.63, 3.8) is 0 Å². The van der Waals surface area contributed by atoms with Gasteiger partial charge in [0, 0.05) is 12.1 Å². The average molecular weight is 235 g/mol. The molecule has 1 rings (SSSR count). The Morgan fingerprint density at radius 1 is 1.53 bits per heavy atom. The van der Waals surface area contributed by atoms with Gasteiger partial charge in [-0.2, -0.15) is 0 Å². The molecule has 1 N–H and O–H groups in total.